The molecule has 10 heavy (non-hydrogen) atoms. The average Bonchev–Trinajstić information content (AvgIpc) is 2.31. The first-order valence-electron chi connectivity index (χ1n) is 3.54. The van der Waals surface area contributed by atoms with Crippen molar-refractivity contribution in [2.45, 2.75) is 19.3 Å². The van der Waals surface area contributed by atoms with Gasteiger partial charge in [0.2, 0.25) is 6.41 Å². The van der Waals surface area contributed by atoms with E-state index in [1.807, 2.05) is 0 Å². The first-order valence-corrected chi connectivity index (χ1v) is 3.54. The molecule has 0 aromatic rings. The van der Waals surface area contributed by atoms with Gasteiger partial charge in [-0.1, -0.05) is 0 Å². The summed E-state index contributed by atoms with van der Waals surface area (Å²) in [5.41, 5.74) is 0. The van der Waals surface area contributed by atoms with Gasteiger partial charge in [-0.05, 0) is 12.8 Å². The number of amides is 1. The quantitative estimate of drug-likeness (QED) is 0.567. The zero-order chi connectivity index (χ0) is 7.40. The molecule has 0 spiro atoms. The van der Waals surface area contributed by atoms with E-state index in [1.165, 1.54) is 0 Å². The second-order valence-electron chi connectivity index (χ2n) is 2.58. The van der Waals surface area contributed by atoms with Crippen LogP contribution in [0.5, 0.6) is 0 Å². The molecule has 0 radical (unpaired) electrons. The highest BCUT2D eigenvalue weighted by atomic mass is 16.1. The van der Waals surface area contributed by atoms with Crippen LogP contribution in [0, 0.1) is 5.92 Å². The summed E-state index contributed by atoms with van der Waals surface area (Å²) in [6, 6.07) is 0. The van der Waals surface area contributed by atoms with Crippen molar-refractivity contribution in [3.8, 4) is 0 Å². The summed E-state index contributed by atoms with van der Waals surface area (Å²) in [6.07, 6.45) is 3.28. The smallest absolute Gasteiger partial charge is 0.207 e. The van der Waals surface area contributed by atoms with Crippen LogP contribution in [0.15, 0.2) is 0 Å². The molecule has 3 nitrogen and oxygen atoms in total. The van der Waals surface area contributed by atoms with Gasteiger partial charge in [0.15, 0.2) is 0 Å². The van der Waals surface area contributed by atoms with Gasteiger partial charge in [0.1, 0.15) is 5.78 Å². The maximum atomic E-state index is 10.9. The zero-order valence-electron chi connectivity index (χ0n) is 5.80. The molecular weight excluding hydrogens is 130 g/mol. The molecular formula is C7H11NO2. The molecule has 1 unspecified atom stereocenters. The summed E-state index contributed by atoms with van der Waals surface area (Å²) >= 11 is 0. The second-order valence-corrected chi connectivity index (χ2v) is 2.58. The van der Waals surface area contributed by atoms with E-state index in [-0.39, 0.29) is 5.92 Å². The molecule has 1 saturated carbocycles. The number of rotatable bonds is 3. The Labute approximate surface area is 59.8 Å². The summed E-state index contributed by atoms with van der Waals surface area (Å²) in [4.78, 5) is 20.8. The predicted molar refractivity (Wildman–Crippen MR) is 36.4 cm³/mol. The number of carbonyl (C=O) groups excluding carboxylic acids is 2. The maximum absolute atomic E-state index is 10.9. The van der Waals surface area contributed by atoms with Crippen molar-refractivity contribution in [3.05, 3.63) is 0 Å². The molecule has 1 N–H and O–H groups in total. The van der Waals surface area contributed by atoms with E-state index in [2.05, 4.69) is 5.32 Å². The third-order valence-electron chi connectivity index (χ3n) is 1.88. The molecule has 0 saturated heterocycles. The second kappa shape index (κ2) is 3.34. The molecule has 1 fully saturated rings. The van der Waals surface area contributed by atoms with Gasteiger partial charge in [-0.15, -0.1) is 0 Å². The third kappa shape index (κ3) is 1.56. The lowest BCUT2D eigenvalue weighted by Gasteiger charge is -2.04. The zero-order valence-corrected chi connectivity index (χ0v) is 5.80. The third-order valence-corrected chi connectivity index (χ3v) is 1.88. The minimum atomic E-state index is 0.102. The molecule has 0 bridgehead atoms. The number of Topliss-reactive ketones (excluding diaryl/α,β-unsaturated/α-hetero) is 1. The first-order chi connectivity index (χ1) is 4.84. The van der Waals surface area contributed by atoms with Crippen LogP contribution in [0.4, 0.5) is 0 Å². The van der Waals surface area contributed by atoms with Gasteiger partial charge < -0.3 is 5.32 Å². The highest BCUT2D eigenvalue weighted by Crippen LogP contribution is 2.19. The van der Waals surface area contributed by atoms with Crippen molar-refractivity contribution in [3.63, 3.8) is 0 Å². The lowest BCUT2D eigenvalue weighted by Crippen LogP contribution is -2.23. The lowest BCUT2D eigenvalue weighted by molar-refractivity contribution is -0.120. The Morgan fingerprint density at radius 3 is 3.00 bits per heavy atom. The number of carbonyl (C=O) groups is 2. The lowest BCUT2D eigenvalue weighted by atomic mass is 10.1. The minimum Gasteiger partial charge on any atom is -0.358 e. The Hall–Kier alpha value is -0.860. The minimum absolute atomic E-state index is 0.102. The SMILES string of the molecule is O=CNCC1CCCC1=O. The molecule has 1 aliphatic carbocycles. The fourth-order valence-corrected chi connectivity index (χ4v) is 1.29. The Morgan fingerprint density at radius 2 is 2.50 bits per heavy atom. The van der Waals surface area contributed by atoms with Crippen molar-refractivity contribution in [2.24, 2.45) is 5.92 Å². The number of ketones is 1. The van der Waals surface area contributed by atoms with E-state index in [0.29, 0.717) is 25.2 Å². The summed E-state index contributed by atoms with van der Waals surface area (Å²) in [7, 11) is 0. The molecule has 0 heterocycles. The Balaban J connectivity index is 2.26. The van der Waals surface area contributed by atoms with Crippen LogP contribution in [0.1, 0.15) is 19.3 Å². The Morgan fingerprint density at radius 1 is 1.70 bits per heavy atom. The molecule has 1 atom stereocenters. The first kappa shape index (κ1) is 7.25. The van der Waals surface area contributed by atoms with Crippen molar-refractivity contribution < 1.29 is 9.59 Å². The highest BCUT2D eigenvalue weighted by molar-refractivity contribution is 5.83. The fraction of sp³-hybridized carbons (Fsp3) is 0.714. The van der Waals surface area contributed by atoms with Gasteiger partial charge >= 0.3 is 0 Å². The van der Waals surface area contributed by atoms with Crippen molar-refractivity contribution >= 4 is 12.2 Å². The predicted octanol–water partition coefficient (Wildman–Crippen LogP) is 0.102. The summed E-state index contributed by atoms with van der Waals surface area (Å²) in [6.45, 7) is 0.530. The number of hydrogen-bond acceptors (Lipinski definition) is 2. The summed E-state index contributed by atoms with van der Waals surface area (Å²) in [5.74, 6) is 0.402. The van der Waals surface area contributed by atoms with Gasteiger partial charge in [0.05, 0.1) is 0 Å². The Bertz CT molecular complexity index is 145. The van der Waals surface area contributed by atoms with Crippen LogP contribution in [0.25, 0.3) is 0 Å². The maximum Gasteiger partial charge on any atom is 0.207 e. The van der Waals surface area contributed by atoms with Crippen LogP contribution in [-0.2, 0) is 9.59 Å². The van der Waals surface area contributed by atoms with Gasteiger partial charge in [0, 0.05) is 18.9 Å². The molecule has 0 aromatic carbocycles. The van der Waals surface area contributed by atoms with Gasteiger partial charge in [0.25, 0.3) is 0 Å². The van der Waals surface area contributed by atoms with Crippen LogP contribution in [0.2, 0.25) is 0 Å². The molecule has 1 aliphatic rings. The van der Waals surface area contributed by atoms with Crippen LogP contribution in [0.3, 0.4) is 0 Å². The van der Waals surface area contributed by atoms with E-state index in [4.69, 9.17) is 0 Å². The van der Waals surface area contributed by atoms with Crippen LogP contribution in [-0.4, -0.2) is 18.7 Å². The molecule has 3 heteroatoms. The molecule has 0 aromatic heterocycles. The summed E-state index contributed by atoms with van der Waals surface area (Å²) in [5, 5.41) is 2.52. The van der Waals surface area contributed by atoms with Gasteiger partial charge in [-0.2, -0.15) is 0 Å². The van der Waals surface area contributed by atoms with Crippen molar-refractivity contribution in [2.75, 3.05) is 6.54 Å². The highest BCUT2D eigenvalue weighted by Gasteiger charge is 2.23. The molecule has 1 rings (SSSR count). The van der Waals surface area contributed by atoms with Gasteiger partial charge in [-0.25, -0.2) is 0 Å². The number of hydrogen-bond donors (Lipinski definition) is 1. The monoisotopic (exact) mass is 141 g/mol. The molecule has 1 amide bonds. The van der Waals surface area contributed by atoms with E-state index >= 15 is 0 Å². The molecule has 56 valence electrons. The van der Waals surface area contributed by atoms with E-state index in [9.17, 15) is 9.59 Å². The Kier molecular flexibility index (Phi) is 2.42. The van der Waals surface area contributed by atoms with Gasteiger partial charge in [-0.3, -0.25) is 9.59 Å². The standard InChI is InChI=1S/C7H11NO2/c9-5-8-4-6-2-1-3-7(6)10/h5-6H,1-4H2,(H,8,9). The van der Waals surface area contributed by atoms with Crippen LogP contribution >= 0.6 is 0 Å². The number of nitrogens with one attached hydrogen (secondary N) is 1. The topological polar surface area (TPSA) is 46.2 Å². The average molecular weight is 141 g/mol. The van der Waals surface area contributed by atoms with Crippen molar-refractivity contribution in [1.82, 2.24) is 5.32 Å². The van der Waals surface area contributed by atoms with Crippen molar-refractivity contribution in [1.29, 1.82) is 0 Å². The van der Waals surface area contributed by atoms with E-state index in [0.717, 1.165) is 12.8 Å². The van der Waals surface area contributed by atoms with Crippen LogP contribution < -0.4 is 5.32 Å². The summed E-state index contributed by atoms with van der Waals surface area (Å²) < 4.78 is 0. The van der Waals surface area contributed by atoms with E-state index in [1.54, 1.807) is 0 Å². The normalized spacial score (nSPS) is 24.8. The molecule has 0 aliphatic heterocycles. The fourth-order valence-electron chi connectivity index (χ4n) is 1.29. The largest absolute Gasteiger partial charge is 0.358 e. The van der Waals surface area contributed by atoms with E-state index < -0.39 is 0 Å².